The molecule has 0 atom stereocenters. The Bertz CT molecular complexity index is 734. The number of halogens is 4. The second-order valence-corrected chi connectivity index (χ2v) is 5.27. The Labute approximate surface area is 145 Å². The van der Waals surface area contributed by atoms with E-state index in [1.165, 1.54) is 19.2 Å². The number of rotatable bonds is 7. The van der Waals surface area contributed by atoms with Gasteiger partial charge >= 0.3 is 12.1 Å². The lowest BCUT2D eigenvalue weighted by atomic mass is 10.1. The molecule has 25 heavy (non-hydrogen) atoms. The van der Waals surface area contributed by atoms with Gasteiger partial charge in [0.05, 0.1) is 12.2 Å². The van der Waals surface area contributed by atoms with Gasteiger partial charge in [-0.05, 0) is 17.7 Å². The van der Waals surface area contributed by atoms with E-state index < -0.39 is 17.7 Å². The Balaban J connectivity index is 1.88. The maximum Gasteiger partial charge on any atom is 0.416 e. The standard InChI is InChI=1S/C15H14ClF3N2O4/c1-23-8-25-13-7-12(20-21-13)14(22)24-5-4-9-2-3-10(6-11(9)16)15(17,18)19/h2-3,6-7H,4-5,8H2,1H3,(H,20,21). The number of alkyl halides is 3. The fraction of sp³-hybridized carbons (Fsp3) is 0.333. The summed E-state index contributed by atoms with van der Waals surface area (Å²) in [5, 5.41) is 6.14. The molecule has 0 bridgehead atoms. The van der Waals surface area contributed by atoms with Crippen molar-refractivity contribution in [2.24, 2.45) is 0 Å². The molecular formula is C15H14ClF3N2O4. The van der Waals surface area contributed by atoms with Crippen LogP contribution in [-0.2, 0) is 22.1 Å². The summed E-state index contributed by atoms with van der Waals surface area (Å²) in [6, 6.07) is 4.36. The molecule has 136 valence electrons. The fourth-order valence-corrected chi connectivity index (χ4v) is 2.13. The van der Waals surface area contributed by atoms with Crippen molar-refractivity contribution in [3.63, 3.8) is 0 Å². The zero-order valence-corrected chi connectivity index (χ0v) is 13.8. The summed E-state index contributed by atoms with van der Waals surface area (Å²) in [6.07, 6.45) is -4.29. The number of carbonyl (C=O) groups is 1. The Morgan fingerprint density at radius 1 is 1.32 bits per heavy atom. The predicted molar refractivity (Wildman–Crippen MR) is 81.5 cm³/mol. The molecule has 1 aromatic carbocycles. The average molecular weight is 379 g/mol. The minimum Gasteiger partial charge on any atom is -0.461 e. The summed E-state index contributed by atoms with van der Waals surface area (Å²) in [6.45, 7) is -0.0804. The number of hydrogen-bond donors (Lipinski definition) is 1. The molecule has 1 aromatic heterocycles. The quantitative estimate of drug-likeness (QED) is 0.590. The largest absolute Gasteiger partial charge is 0.461 e. The molecule has 0 unspecified atom stereocenters. The monoisotopic (exact) mass is 378 g/mol. The van der Waals surface area contributed by atoms with Crippen LogP contribution in [0, 0.1) is 0 Å². The zero-order chi connectivity index (χ0) is 18.4. The third-order valence-corrected chi connectivity index (χ3v) is 3.44. The lowest BCUT2D eigenvalue weighted by Crippen LogP contribution is -2.09. The van der Waals surface area contributed by atoms with Gasteiger partial charge in [0, 0.05) is 24.6 Å². The second-order valence-electron chi connectivity index (χ2n) is 4.86. The molecule has 0 aliphatic carbocycles. The summed E-state index contributed by atoms with van der Waals surface area (Å²) >= 11 is 5.83. The molecule has 6 nitrogen and oxygen atoms in total. The van der Waals surface area contributed by atoms with Crippen molar-refractivity contribution in [3.8, 4) is 5.88 Å². The van der Waals surface area contributed by atoms with Crippen molar-refractivity contribution in [2.45, 2.75) is 12.6 Å². The third kappa shape index (κ3) is 5.36. The van der Waals surface area contributed by atoms with Crippen LogP contribution < -0.4 is 4.74 Å². The third-order valence-electron chi connectivity index (χ3n) is 3.08. The highest BCUT2D eigenvalue weighted by Gasteiger charge is 2.30. The van der Waals surface area contributed by atoms with Gasteiger partial charge in [0.1, 0.15) is 5.69 Å². The number of aromatic amines is 1. The minimum atomic E-state index is -4.46. The first-order valence-corrected chi connectivity index (χ1v) is 7.39. The van der Waals surface area contributed by atoms with E-state index in [-0.39, 0.29) is 36.4 Å². The van der Waals surface area contributed by atoms with Gasteiger partial charge in [0.15, 0.2) is 6.79 Å². The van der Waals surface area contributed by atoms with Gasteiger partial charge < -0.3 is 14.2 Å². The highest BCUT2D eigenvalue weighted by molar-refractivity contribution is 6.31. The molecule has 10 heteroatoms. The van der Waals surface area contributed by atoms with Gasteiger partial charge in [-0.1, -0.05) is 17.7 Å². The van der Waals surface area contributed by atoms with Crippen molar-refractivity contribution in [1.29, 1.82) is 0 Å². The molecule has 2 aromatic rings. The van der Waals surface area contributed by atoms with Crippen molar-refractivity contribution < 1.29 is 32.2 Å². The molecular weight excluding hydrogens is 365 g/mol. The Kier molecular flexibility index (Phi) is 6.27. The molecule has 0 fully saturated rings. The van der Waals surface area contributed by atoms with Gasteiger partial charge in [0.25, 0.3) is 0 Å². The van der Waals surface area contributed by atoms with Crippen LogP contribution in [0.5, 0.6) is 5.88 Å². The van der Waals surface area contributed by atoms with Crippen molar-refractivity contribution in [2.75, 3.05) is 20.5 Å². The maximum absolute atomic E-state index is 12.6. The Hall–Kier alpha value is -2.26. The predicted octanol–water partition coefficient (Wildman–Crippen LogP) is 3.46. The average Bonchev–Trinajstić information content (AvgIpc) is 3.02. The van der Waals surface area contributed by atoms with E-state index in [1.807, 2.05) is 0 Å². The number of ether oxygens (including phenoxy) is 3. The van der Waals surface area contributed by atoms with Crippen LogP contribution >= 0.6 is 11.6 Å². The van der Waals surface area contributed by atoms with Crippen LogP contribution in [0.1, 0.15) is 21.6 Å². The minimum absolute atomic E-state index is 0.0221. The fourth-order valence-electron chi connectivity index (χ4n) is 1.86. The van der Waals surface area contributed by atoms with E-state index in [4.69, 9.17) is 25.8 Å². The second kappa shape index (κ2) is 8.21. The van der Waals surface area contributed by atoms with E-state index in [0.717, 1.165) is 12.1 Å². The summed E-state index contributed by atoms with van der Waals surface area (Å²) in [5.74, 6) is -0.512. The Morgan fingerprint density at radius 2 is 2.08 bits per heavy atom. The van der Waals surface area contributed by atoms with Crippen LogP contribution in [0.4, 0.5) is 13.2 Å². The normalized spacial score (nSPS) is 11.4. The van der Waals surface area contributed by atoms with Crippen molar-refractivity contribution in [1.82, 2.24) is 10.2 Å². The number of nitrogens with one attached hydrogen (secondary N) is 1. The lowest BCUT2D eigenvalue weighted by Gasteiger charge is -2.10. The van der Waals surface area contributed by atoms with Crippen LogP contribution in [0.15, 0.2) is 24.3 Å². The number of esters is 1. The molecule has 0 saturated heterocycles. The zero-order valence-electron chi connectivity index (χ0n) is 13.0. The van der Waals surface area contributed by atoms with Crippen molar-refractivity contribution in [3.05, 3.63) is 46.1 Å². The Morgan fingerprint density at radius 3 is 2.72 bits per heavy atom. The van der Waals surface area contributed by atoms with Gasteiger partial charge in [0.2, 0.25) is 5.88 Å². The van der Waals surface area contributed by atoms with E-state index in [9.17, 15) is 18.0 Å². The first kappa shape index (κ1) is 19.1. The van der Waals surface area contributed by atoms with Gasteiger partial charge in [-0.3, -0.25) is 5.10 Å². The first-order valence-electron chi connectivity index (χ1n) is 7.01. The topological polar surface area (TPSA) is 73.4 Å². The molecule has 0 radical (unpaired) electrons. The summed E-state index contributed by atoms with van der Waals surface area (Å²) in [7, 11) is 1.44. The smallest absolute Gasteiger partial charge is 0.416 e. The molecule has 0 amide bonds. The number of aromatic nitrogens is 2. The van der Waals surface area contributed by atoms with E-state index in [1.54, 1.807) is 0 Å². The molecule has 1 N–H and O–H groups in total. The number of H-pyrrole nitrogens is 1. The SMILES string of the molecule is COCOc1cc(C(=O)OCCc2ccc(C(F)(F)F)cc2Cl)[nH]n1. The van der Waals surface area contributed by atoms with E-state index >= 15 is 0 Å². The van der Waals surface area contributed by atoms with Crippen LogP contribution in [0.2, 0.25) is 5.02 Å². The highest BCUT2D eigenvalue weighted by atomic mass is 35.5. The van der Waals surface area contributed by atoms with E-state index in [2.05, 4.69) is 10.2 Å². The number of hydrogen-bond acceptors (Lipinski definition) is 5. The highest BCUT2D eigenvalue weighted by Crippen LogP contribution is 2.32. The summed E-state index contributed by atoms with van der Waals surface area (Å²) < 4.78 is 52.5. The number of nitrogens with zero attached hydrogens (tertiary/aromatic N) is 1. The van der Waals surface area contributed by atoms with Crippen LogP contribution in [0.3, 0.4) is 0 Å². The molecule has 0 saturated carbocycles. The number of carbonyl (C=O) groups excluding carboxylic acids is 1. The van der Waals surface area contributed by atoms with Crippen LogP contribution in [-0.4, -0.2) is 36.7 Å². The van der Waals surface area contributed by atoms with Gasteiger partial charge in [-0.2, -0.15) is 13.2 Å². The van der Waals surface area contributed by atoms with Gasteiger partial charge in [-0.15, -0.1) is 5.10 Å². The van der Waals surface area contributed by atoms with E-state index in [0.29, 0.717) is 5.56 Å². The molecule has 0 aliphatic rings. The maximum atomic E-state index is 12.6. The summed E-state index contributed by atoms with van der Waals surface area (Å²) in [4.78, 5) is 11.8. The number of methoxy groups -OCH3 is 1. The van der Waals surface area contributed by atoms with Crippen molar-refractivity contribution >= 4 is 17.6 Å². The van der Waals surface area contributed by atoms with Crippen LogP contribution in [0.25, 0.3) is 0 Å². The molecule has 0 spiro atoms. The lowest BCUT2D eigenvalue weighted by molar-refractivity contribution is -0.137. The molecule has 2 rings (SSSR count). The molecule has 0 aliphatic heterocycles. The summed E-state index contributed by atoms with van der Waals surface area (Å²) in [5.41, 5.74) is -0.319. The first-order chi connectivity index (χ1) is 11.8. The molecule has 1 heterocycles. The number of benzene rings is 1. The van der Waals surface area contributed by atoms with Gasteiger partial charge in [-0.25, -0.2) is 4.79 Å².